The van der Waals surface area contributed by atoms with E-state index < -0.39 is 12.2 Å². The van der Waals surface area contributed by atoms with Crippen molar-refractivity contribution in [1.82, 2.24) is 4.90 Å². The normalized spacial score (nSPS) is 22.6. The number of amides is 1. The molecular weight excluding hydrogens is 273 g/mol. The number of rotatable bonds is 4. The monoisotopic (exact) mass is 287 g/mol. The van der Waals surface area contributed by atoms with Gasteiger partial charge in [0.25, 0.3) is 5.91 Å². The van der Waals surface area contributed by atoms with Gasteiger partial charge in [0.1, 0.15) is 11.9 Å². The van der Waals surface area contributed by atoms with E-state index in [1.165, 1.54) is 4.90 Å². The van der Waals surface area contributed by atoms with Gasteiger partial charge in [0.15, 0.2) is 6.61 Å². The highest BCUT2D eigenvalue weighted by molar-refractivity contribution is 6.30. The minimum absolute atomic E-state index is 0.0219. The van der Waals surface area contributed by atoms with Gasteiger partial charge in [-0.3, -0.25) is 4.79 Å². The van der Waals surface area contributed by atoms with Gasteiger partial charge in [-0.1, -0.05) is 11.6 Å². The van der Waals surface area contributed by atoms with Crippen LogP contribution in [0.2, 0.25) is 5.02 Å². The molecule has 1 saturated heterocycles. The number of halogens is 2. The number of likely N-dealkylation sites (tertiary alicyclic amines) is 1. The number of hydrogen-bond acceptors (Lipinski definition) is 3. The van der Waals surface area contributed by atoms with Crippen molar-refractivity contribution in [3.63, 3.8) is 0 Å². The highest BCUT2D eigenvalue weighted by atomic mass is 35.5. The molecule has 1 amide bonds. The molecule has 6 heteroatoms. The second-order valence-electron chi connectivity index (χ2n) is 4.46. The van der Waals surface area contributed by atoms with Gasteiger partial charge in [0, 0.05) is 11.4 Å². The molecule has 19 heavy (non-hydrogen) atoms. The molecule has 2 rings (SSSR count). The number of aliphatic hydroxyl groups is 1. The first kappa shape index (κ1) is 14.1. The Morgan fingerprint density at radius 2 is 2.16 bits per heavy atom. The molecule has 2 atom stereocenters. The number of carbonyl (C=O) groups is 1. The Labute approximate surface area is 115 Å². The van der Waals surface area contributed by atoms with Gasteiger partial charge < -0.3 is 14.7 Å². The van der Waals surface area contributed by atoms with Crippen molar-refractivity contribution in [2.24, 2.45) is 0 Å². The topological polar surface area (TPSA) is 49.8 Å². The Bertz CT molecular complexity index is 440. The fourth-order valence-electron chi connectivity index (χ4n) is 2.10. The summed E-state index contributed by atoms with van der Waals surface area (Å²) >= 11 is 5.73. The average Bonchev–Trinajstić information content (AvgIpc) is 2.79. The first-order valence-corrected chi connectivity index (χ1v) is 6.40. The Kier molecular flexibility index (Phi) is 4.61. The smallest absolute Gasteiger partial charge is 0.260 e. The number of ether oxygens (including phenoxy) is 1. The van der Waals surface area contributed by atoms with Crippen molar-refractivity contribution >= 4 is 17.5 Å². The third-order valence-corrected chi connectivity index (χ3v) is 3.32. The van der Waals surface area contributed by atoms with E-state index in [0.29, 0.717) is 10.8 Å². The molecule has 1 aliphatic heterocycles. The first-order chi connectivity index (χ1) is 9.10. The van der Waals surface area contributed by atoms with Gasteiger partial charge in [0.2, 0.25) is 0 Å². The average molecular weight is 288 g/mol. The van der Waals surface area contributed by atoms with E-state index in [0.717, 1.165) is 0 Å². The van der Waals surface area contributed by atoms with Crippen LogP contribution in [0.3, 0.4) is 0 Å². The SMILES string of the molecule is O=C(COc1ccc(Cl)cc1)N1C[C@@H](F)C[C@H]1CO. The molecule has 1 fully saturated rings. The van der Waals surface area contributed by atoms with Crippen molar-refractivity contribution in [3.8, 4) is 5.75 Å². The molecule has 0 saturated carbocycles. The van der Waals surface area contributed by atoms with Crippen LogP contribution in [0.25, 0.3) is 0 Å². The largest absolute Gasteiger partial charge is 0.484 e. The third-order valence-electron chi connectivity index (χ3n) is 3.07. The fraction of sp³-hybridized carbons (Fsp3) is 0.462. The summed E-state index contributed by atoms with van der Waals surface area (Å²) in [6.45, 7) is -0.383. The van der Waals surface area contributed by atoms with E-state index >= 15 is 0 Å². The van der Waals surface area contributed by atoms with Crippen LogP contribution in [0.1, 0.15) is 6.42 Å². The highest BCUT2D eigenvalue weighted by Gasteiger charge is 2.34. The molecule has 0 bridgehead atoms. The molecule has 1 N–H and O–H groups in total. The maximum absolute atomic E-state index is 13.2. The van der Waals surface area contributed by atoms with E-state index in [2.05, 4.69) is 0 Å². The van der Waals surface area contributed by atoms with Crippen molar-refractivity contribution in [1.29, 1.82) is 0 Å². The Hall–Kier alpha value is -1.33. The van der Waals surface area contributed by atoms with Gasteiger partial charge in [-0.25, -0.2) is 4.39 Å². The highest BCUT2D eigenvalue weighted by Crippen LogP contribution is 2.21. The van der Waals surface area contributed by atoms with Crippen LogP contribution in [0.15, 0.2) is 24.3 Å². The molecule has 0 unspecified atom stereocenters. The number of nitrogens with zero attached hydrogens (tertiary/aromatic N) is 1. The van der Waals surface area contributed by atoms with E-state index in [1.807, 2.05) is 0 Å². The quantitative estimate of drug-likeness (QED) is 0.916. The summed E-state index contributed by atoms with van der Waals surface area (Å²) in [5, 5.41) is 9.69. The number of carbonyl (C=O) groups excluding carboxylic acids is 1. The molecule has 1 heterocycles. The predicted molar refractivity (Wildman–Crippen MR) is 69.0 cm³/mol. The lowest BCUT2D eigenvalue weighted by molar-refractivity contribution is -0.135. The standard InChI is InChI=1S/C13H15ClFNO3/c14-9-1-3-12(4-2-9)19-8-13(18)16-6-10(15)5-11(16)7-17/h1-4,10-11,17H,5-8H2/t10-,11-/m0/s1. The van der Waals surface area contributed by atoms with Gasteiger partial charge >= 0.3 is 0 Å². The summed E-state index contributed by atoms with van der Waals surface area (Å²) in [5.74, 6) is 0.198. The Balaban J connectivity index is 1.89. The maximum atomic E-state index is 13.2. The van der Waals surface area contributed by atoms with E-state index in [4.69, 9.17) is 21.4 Å². The van der Waals surface area contributed by atoms with Crippen LogP contribution in [-0.2, 0) is 4.79 Å². The lowest BCUT2D eigenvalue weighted by Crippen LogP contribution is -2.40. The van der Waals surface area contributed by atoms with E-state index in [-0.39, 0.29) is 32.1 Å². The summed E-state index contributed by atoms with van der Waals surface area (Å²) in [7, 11) is 0. The van der Waals surface area contributed by atoms with Gasteiger partial charge in [-0.05, 0) is 24.3 Å². The van der Waals surface area contributed by atoms with Crippen LogP contribution in [0, 0.1) is 0 Å². The summed E-state index contributed by atoms with van der Waals surface area (Å²) in [4.78, 5) is 13.2. The number of hydrogen-bond donors (Lipinski definition) is 1. The molecule has 1 aromatic carbocycles. The third kappa shape index (κ3) is 3.58. The van der Waals surface area contributed by atoms with E-state index in [9.17, 15) is 9.18 Å². The summed E-state index contributed by atoms with van der Waals surface area (Å²) in [5.41, 5.74) is 0. The number of alkyl halides is 1. The number of benzene rings is 1. The summed E-state index contributed by atoms with van der Waals surface area (Å²) in [6, 6.07) is 6.18. The van der Waals surface area contributed by atoms with Crippen LogP contribution in [0.4, 0.5) is 4.39 Å². The lowest BCUT2D eigenvalue weighted by Gasteiger charge is -2.22. The Morgan fingerprint density at radius 3 is 2.79 bits per heavy atom. The van der Waals surface area contributed by atoms with Crippen LogP contribution in [0.5, 0.6) is 5.75 Å². The zero-order valence-electron chi connectivity index (χ0n) is 10.3. The van der Waals surface area contributed by atoms with Gasteiger partial charge in [-0.15, -0.1) is 0 Å². The molecule has 4 nitrogen and oxygen atoms in total. The summed E-state index contributed by atoms with van der Waals surface area (Å²) in [6.07, 6.45) is -0.889. The Morgan fingerprint density at radius 1 is 1.47 bits per heavy atom. The zero-order chi connectivity index (χ0) is 13.8. The predicted octanol–water partition coefficient (Wildman–Crippen LogP) is 1.65. The molecule has 0 spiro atoms. The molecular formula is C13H15ClFNO3. The minimum Gasteiger partial charge on any atom is -0.484 e. The van der Waals surface area contributed by atoms with Crippen LogP contribution in [-0.4, -0.2) is 47.9 Å². The lowest BCUT2D eigenvalue weighted by atomic mass is 10.2. The van der Waals surface area contributed by atoms with Crippen LogP contribution >= 0.6 is 11.6 Å². The zero-order valence-corrected chi connectivity index (χ0v) is 11.0. The number of aliphatic hydroxyl groups excluding tert-OH is 1. The van der Waals surface area contributed by atoms with E-state index in [1.54, 1.807) is 24.3 Å². The molecule has 104 valence electrons. The molecule has 1 aliphatic rings. The fourth-order valence-corrected chi connectivity index (χ4v) is 2.22. The molecule has 1 aromatic rings. The van der Waals surface area contributed by atoms with Crippen molar-refractivity contribution in [3.05, 3.63) is 29.3 Å². The van der Waals surface area contributed by atoms with Gasteiger partial charge in [0.05, 0.1) is 19.2 Å². The molecule has 0 radical (unpaired) electrons. The van der Waals surface area contributed by atoms with Crippen molar-refractivity contribution in [2.75, 3.05) is 19.8 Å². The second-order valence-corrected chi connectivity index (χ2v) is 4.89. The molecule has 0 aliphatic carbocycles. The van der Waals surface area contributed by atoms with Crippen LogP contribution < -0.4 is 4.74 Å². The molecule has 0 aromatic heterocycles. The second kappa shape index (κ2) is 6.21. The van der Waals surface area contributed by atoms with Crippen molar-refractivity contribution in [2.45, 2.75) is 18.6 Å². The van der Waals surface area contributed by atoms with Gasteiger partial charge in [-0.2, -0.15) is 0 Å². The summed E-state index contributed by atoms with van der Waals surface area (Å²) < 4.78 is 18.5. The van der Waals surface area contributed by atoms with Crippen molar-refractivity contribution < 1.29 is 19.0 Å². The maximum Gasteiger partial charge on any atom is 0.260 e. The first-order valence-electron chi connectivity index (χ1n) is 6.03. The minimum atomic E-state index is -1.07.